The van der Waals surface area contributed by atoms with E-state index < -0.39 is 4.92 Å². The van der Waals surface area contributed by atoms with E-state index in [0.717, 1.165) is 0 Å². The molecule has 122 valence electrons. The summed E-state index contributed by atoms with van der Waals surface area (Å²) in [5, 5.41) is 10.9. The number of para-hydroxylation sites is 2. The predicted molar refractivity (Wildman–Crippen MR) is 81.9 cm³/mol. The number of nitro groups is 1. The van der Waals surface area contributed by atoms with Crippen LogP contribution in [0.1, 0.15) is 13.8 Å². The molecule has 1 amide bonds. The van der Waals surface area contributed by atoms with Gasteiger partial charge in [-0.25, -0.2) is 0 Å². The maximum Gasteiger partial charge on any atom is 0.310 e. The molecule has 0 heterocycles. The Morgan fingerprint density at radius 3 is 2.64 bits per heavy atom. The Bertz CT molecular complexity index is 504. The first-order valence-corrected chi connectivity index (χ1v) is 7.08. The summed E-state index contributed by atoms with van der Waals surface area (Å²) in [6, 6.07) is 6.00. The van der Waals surface area contributed by atoms with Gasteiger partial charge in [-0.1, -0.05) is 26.0 Å². The van der Waals surface area contributed by atoms with Crippen LogP contribution in [-0.4, -0.2) is 49.1 Å². The van der Waals surface area contributed by atoms with E-state index in [-0.39, 0.29) is 24.0 Å². The molecule has 0 aliphatic rings. The molecule has 0 atom stereocenters. The minimum atomic E-state index is -0.531. The lowest BCUT2D eigenvalue weighted by atomic mass is 10.2. The molecular weight excluding hydrogens is 288 g/mol. The van der Waals surface area contributed by atoms with E-state index in [0.29, 0.717) is 25.6 Å². The van der Waals surface area contributed by atoms with Gasteiger partial charge in [-0.3, -0.25) is 14.9 Å². The topological polar surface area (TPSA) is 81.9 Å². The largest absolute Gasteiger partial charge is 0.477 e. The Hall–Kier alpha value is -2.15. The number of hydrogen-bond acceptors (Lipinski definition) is 5. The van der Waals surface area contributed by atoms with Crippen LogP contribution in [0.4, 0.5) is 5.69 Å². The third-order valence-electron chi connectivity index (χ3n) is 2.92. The van der Waals surface area contributed by atoms with Crippen molar-refractivity contribution in [2.24, 2.45) is 5.92 Å². The fraction of sp³-hybridized carbons (Fsp3) is 0.533. The smallest absolute Gasteiger partial charge is 0.310 e. The van der Waals surface area contributed by atoms with E-state index in [9.17, 15) is 14.9 Å². The molecule has 0 fully saturated rings. The van der Waals surface area contributed by atoms with Crippen molar-refractivity contribution >= 4 is 11.6 Å². The van der Waals surface area contributed by atoms with Gasteiger partial charge in [0.15, 0.2) is 12.4 Å². The molecule has 22 heavy (non-hydrogen) atoms. The van der Waals surface area contributed by atoms with E-state index in [4.69, 9.17) is 9.47 Å². The summed E-state index contributed by atoms with van der Waals surface area (Å²) in [4.78, 5) is 24.2. The fourth-order valence-electron chi connectivity index (χ4n) is 1.92. The number of benzene rings is 1. The molecule has 0 radical (unpaired) electrons. The normalized spacial score (nSPS) is 10.5. The number of methoxy groups -OCH3 is 1. The Kier molecular flexibility index (Phi) is 7.31. The van der Waals surface area contributed by atoms with Gasteiger partial charge in [0.05, 0.1) is 11.5 Å². The Morgan fingerprint density at radius 2 is 2.05 bits per heavy atom. The molecule has 0 aromatic heterocycles. The third kappa shape index (κ3) is 5.69. The highest BCUT2D eigenvalue weighted by Gasteiger charge is 2.18. The summed E-state index contributed by atoms with van der Waals surface area (Å²) in [6.07, 6.45) is 0. The molecular formula is C15H22N2O5. The first-order valence-electron chi connectivity index (χ1n) is 7.08. The molecule has 0 aliphatic heterocycles. The lowest BCUT2D eigenvalue weighted by Crippen LogP contribution is -2.39. The number of rotatable bonds is 9. The SMILES string of the molecule is COCCN(CC(C)C)C(=O)COc1ccccc1[N+](=O)[O-]. The van der Waals surface area contributed by atoms with Crippen LogP contribution in [0, 0.1) is 16.0 Å². The van der Waals surface area contributed by atoms with Crippen LogP contribution in [0.2, 0.25) is 0 Å². The Morgan fingerprint density at radius 1 is 1.36 bits per heavy atom. The van der Waals surface area contributed by atoms with Crippen molar-refractivity contribution < 1.29 is 19.2 Å². The minimum Gasteiger partial charge on any atom is -0.477 e. The van der Waals surface area contributed by atoms with Gasteiger partial charge in [-0.05, 0) is 12.0 Å². The average Bonchev–Trinajstić information content (AvgIpc) is 2.48. The van der Waals surface area contributed by atoms with Gasteiger partial charge in [0.1, 0.15) is 0 Å². The summed E-state index contributed by atoms with van der Waals surface area (Å²) in [7, 11) is 1.57. The number of hydrogen-bond donors (Lipinski definition) is 0. The minimum absolute atomic E-state index is 0.0945. The highest BCUT2D eigenvalue weighted by molar-refractivity contribution is 5.78. The van der Waals surface area contributed by atoms with Gasteiger partial charge in [-0.2, -0.15) is 0 Å². The summed E-state index contributed by atoms with van der Waals surface area (Å²) >= 11 is 0. The molecule has 1 aromatic carbocycles. The number of ether oxygens (including phenoxy) is 2. The van der Waals surface area contributed by atoms with E-state index in [1.807, 2.05) is 13.8 Å². The predicted octanol–water partition coefficient (Wildman–Crippen LogP) is 2.10. The van der Waals surface area contributed by atoms with Crippen molar-refractivity contribution in [2.75, 3.05) is 33.4 Å². The monoisotopic (exact) mass is 310 g/mol. The summed E-state index contributed by atoms with van der Waals surface area (Å²) in [5.74, 6) is 0.188. The average molecular weight is 310 g/mol. The molecule has 7 nitrogen and oxygen atoms in total. The number of nitro benzene ring substituents is 1. The molecule has 0 unspecified atom stereocenters. The number of carbonyl (C=O) groups excluding carboxylic acids is 1. The highest BCUT2D eigenvalue weighted by Crippen LogP contribution is 2.25. The van der Waals surface area contributed by atoms with Crippen molar-refractivity contribution in [3.05, 3.63) is 34.4 Å². The van der Waals surface area contributed by atoms with E-state index in [1.54, 1.807) is 24.1 Å². The zero-order chi connectivity index (χ0) is 16.5. The molecule has 0 bridgehead atoms. The quantitative estimate of drug-likeness (QED) is 0.515. The second-order valence-corrected chi connectivity index (χ2v) is 5.24. The van der Waals surface area contributed by atoms with Crippen molar-refractivity contribution in [1.29, 1.82) is 0 Å². The van der Waals surface area contributed by atoms with Gasteiger partial charge >= 0.3 is 5.69 Å². The molecule has 1 aromatic rings. The maximum atomic E-state index is 12.2. The van der Waals surface area contributed by atoms with Crippen LogP contribution < -0.4 is 4.74 Å². The lowest BCUT2D eigenvalue weighted by molar-refractivity contribution is -0.385. The van der Waals surface area contributed by atoms with Crippen molar-refractivity contribution in [3.63, 3.8) is 0 Å². The van der Waals surface area contributed by atoms with E-state index in [1.165, 1.54) is 12.1 Å². The number of carbonyl (C=O) groups is 1. The Labute approximate surface area is 130 Å². The van der Waals surface area contributed by atoms with Crippen molar-refractivity contribution in [3.8, 4) is 5.75 Å². The lowest BCUT2D eigenvalue weighted by Gasteiger charge is -2.24. The zero-order valence-corrected chi connectivity index (χ0v) is 13.2. The van der Waals surface area contributed by atoms with Gasteiger partial charge in [-0.15, -0.1) is 0 Å². The number of amides is 1. The van der Waals surface area contributed by atoms with Crippen molar-refractivity contribution in [1.82, 2.24) is 4.90 Å². The van der Waals surface area contributed by atoms with Crippen LogP contribution in [0.15, 0.2) is 24.3 Å². The van der Waals surface area contributed by atoms with E-state index in [2.05, 4.69) is 0 Å². The molecule has 0 N–H and O–H groups in total. The van der Waals surface area contributed by atoms with Gasteiger partial charge in [0, 0.05) is 26.3 Å². The van der Waals surface area contributed by atoms with Gasteiger partial charge < -0.3 is 14.4 Å². The summed E-state index contributed by atoms with van der Waals surface area (Å²) in [5.41, 5.74) is -0.150. The van der Waals surface area contributed by atoms with Crippen LogP contribution in [-0.2, 0) is 9.53 Å². The molecule has 0 saturated carbocycles. The van der Waals surface area contributed by atoms with Crippen LogP contribution >= 0.6 is 0 Å². The Balaban J connectivity index is 2.68. The third-order valence-corrected chi connectivity index (χ3v) is 2.92. The molecule has 0 saturated heterocycles. The standard InChI is InChI=1S/C15H22N2O5/c1-12(2)10-16(8-9-21-3)15(18)11-22-14-7-5-4-6-13(14)17(19)20/h4-7,12H,8-11H2,1-3H3. The molecule has 0 spiro atoms. The fourth-order valence-corrected chi connectivity index (χ4v) is 1.92. The second-order valence-electron chi connectivity index (χ2n) is 5.24. The van der Waals surface area contributed by atoms with Gasteiger partial charge in [0.2, 0.25) is 0 Å². The van der Waals surface area contributed by atoms with Crippen LogP contribution in [0.3, 0.4) is 0 Å². The first-order chi connectivity index (χ1) is 10.5. The van der Waals surface area contributed by atoms with E-state index >= 15 is 0 Å². The first kappa shape index (κ1) is 17.9. The molecule has 0 aliphatic carbocycles. The van der Waals surface area contributed by atoms with Gasteiger partial charge in [0.25, 0.3) is 5.91 Å². The highest BCUT2D eigenvalue weighted by atomic mass is 16.6. The summed E-state index contributed by atoms with van der Waals surface area (Å²) < 4.78 is 10.3. The second kappa shape index (κ2) is 8.99. The molecule has 7 heteroatoms. The van der Waals surface area contributed by atoms with Crippen LogP contribution in [0.25, 0.3) is 0 Å². The van der Waals surface area contributed by atoms with Crippen molar-refractivity contribution in [2.45, 2.75) is 13.8 Å². The molecule has 1 rings (SSSR count). The number of nitrogens with zero attached hydrogens (tertiary/aromatic N) is 2. The van der Waals surface area contributed by atoms with Crippen LogP contribution in [0.5, 0.6) is 5.75 Å². The maximum absolute atomic E-state index is 12.2. The summed E-state index contributed by atoms with van der Waals surface area (Å²) in [6.45, 7) is 5.27. The zero-order valence-electron chi connectivity index (χ0n) is 13.2.